The first-order chi connectivity index (χ1) is 4.84. The normalized spacial score (nSPS) is 35.4. The Bertz CT molecular complexity index is 97.6. The van der Waals surface area contributed by atoms with Crippen molar-refractivity contribution >= 4 is 0 Å². The molecule has 3 nitrogen and oxygen atoms in total. The summed E-state index contributed by atoms with van der Waals surface area (Å²) in [7, 11) is 0. The molecule has 1 fully saturated rings. The molecule has 0 aliphatic heterocycles. The van der Waals surface area contributed by atoms with Gasteiger partial charge in [0.15, 0.2) is 0 Å². The maximum Gasteiger partial charge on any atom is 0.105 e. The number of aliphatic hydroxyl groups is 1. The van der Waals surface area contributed by atoms with Gasteiger partial charge in [0.05, 0.1) is 6.10 Å². The molecule has 1 aliphatic carbocycles. The van der Waals surface area contributed by atoms with E-state index in [9.17, 15) is 5.11 Å². The molecule has 0 heterocycles. The standard InChI is InChI=1S/C7H15NO2/c8-10-7-5-3-1-2-4-6(7)9/h6-7,9H,1-5,8H2. The predicted octanol–water partition coefficient (Wildman–Crippen LogP) is 0.570. The monoisotopic (exact) mass is 145 g/mol. The molecular formula is C7H15NO2. The minimum absolute atomic E-state index is 0.123. The van der Waals surface area contributed by atoms with Crippen LogP contribution in [0.25, 0.3) is 0 Å². The van der Waals surface area contributed by atoms with Crippen LogP contribution >= 0.6 is 0 Å². The van der Waals surface area contributed by atoms with Crippen LogP contribution in [0.4, 0.5) is 0 Å². The molecule has 0 aromatic heterocycles. The molecule has 0 amide bonds. The minimum Gasteiger partial charge on any atom is -0.390 e. The third-order valence-electron chi connectivity index (χ3n) is 2.09. The Hall–Kier alpha value is -0.120. The van der Waals surface area contributed by atoms with E-state index in [-0.39, 0.29) is 12.2 Å². The predicted molar refractivity (Wildman–Crippen MR) is 38.2 cm³/mol. The van der Waals surface area contributed by atoms with Gasteiger partial charge in [0.25, 0.3) is 0 Å². The van der Waals surface area contributed by atoms with E-state index in [1.807, 2.05) is 0 Å². The highest BCUT2D eigenvalue weighted by Gasteiger charge is 2.20. The molecule has 60 valence electrons. The van der Waals surface area contributed by atoms with Crippen molar-refractivity contribution in [1.82, 2.24) is 0 Å². The summed E-state index contributed by atoms with van der Waals surface area (Å²) in [5, 5.41) is 9.34. The lowest BCUT2D eigenvalue weighted by Crippen LogP contribution is -2.30. The third kappa shape index (κ3) is 1.94. The van der Waals surface area contributed by atoms with E-state index in [1.165, 1.54) is 6.42 Å². The lowest BCUT2D eigenvalue weighted by atomic mass is 10.1. The molecular weight excluding hydrogens is 130 g/mol. The topological polar surface area (TPSA) is 55.5 Å². The number of hydrogen-bond acceptors (Lipinski definition) is 3. The first-order valence-corrected chi connectivity index (χ1v) is 3.88. The molecule has 10 heavy (non-hydrogen) atoms. The van der Waals surface area contributed by atoms with Crippen LogP contribution in [0, 0.1) is 0 Å². The SMILES string of the molecule is NOC1CCCCCC1O. The fraction of sp³-hybridized carbons (Fsp3) is 1.00. The highest BCUT2D eigenvalue weighted by molar-refractivity contribution is 4.72. The van der Waals surface area contributed by atoms with Gasteiger partial charge in [-0.1, -0.05) is 19.3 Å². The molecule has 0 radical (unpaired) electrons. The smallest absolute Gasteiger partial charge is 0.105 e. The zero-order chi connectivity index (χ0) is 7.40. The summed E-state index contributed by atoms with van der Waals surface area (Å²) in [6.45, 7) is 0. The number of rotatable bonds is 1. The average Bonchev–Trinajstić information content (AvgIpc) is 2.13. The van der Waals surface area contributed by atoms with Crippen molar-refractivity contribution in [3.63, 3.8) is 0 Å². The lowest BCUT2D eigenvalue weighted by Gasteiger charge is -2.16. The van der Waals surface area contributed by atoms with Crippen LogP contribution in [0.5, 0.6) is 0 Å². The number of hydrogen-bond donors (Lipinski definition) is 2. The minimum atomic E-state index is -0.340. The fourth-order valence-electron chi connectivity index (χ4n) is 1.41. The summed E-state index contributed by atoms with van der Waals surface area (Å²) < 4.78 is 0. The van der Waals surface area contributed by atoms with Crippen molar-refractivity contribution < 1.29 is 9.94 Å². The van der Waals surface area contributed by atoms with E-state index >= 15 is 0 Å². The van der Waals surface area contributed by atoms with E-state index in [2.05, 4.69) is 4.84 Å². The molecule has 2 atom stereocenters. The molecule has 0 bridgehead atoms. The van der Waals surface area contributed by atoms with Crippen LogP contribution in [0.15, 0.2) is 0 Å². The van der Waals surface area contributed by atoms with Crippen LogP contribution in [0.3, 0.4) is 0 Å². The summed E-state index contributed by atoms with van der Waals surface area (Å²) in [6.07, 6.45) is 4.69. The largest absolute Gasteiger partial charge is 0.390 e. The molecule has 1 saturated carbocycles. The second-order valence-corrected chi connectivity index (χ2v) is 2.88. The van der Waals surface area contributed by atoms with Gasteiger partial charge in [-0.3, -0.25) is 4.84 Å². The zero-order valence-electron chi connectivity index (χ0n) is 6.12. The Kier molecular flexibility index (Phi) is 3.12. The zero-order valence-corrected chi connectivity index (χ0v) is 6.12. The summed E-state index contributed by atoms with van der Waals surface area (Å²) in [5.74, 6) is 5.00. The second kappa shape index (κ2) is 3.91. The molecule has 1 aliphatic rings. The van der Waals surface area contributed by atoms with Crippen LogP contribution in [0.1, 0.15) is 32.1 Å². The quantitative estimate of drug-likeness (QED) is 0.419. The maximum absolute atomic E-state index is 9.34. The van der Waals surface area contributed by atoms with E-state index in [1.54, 1.807) is 0 Å². The Balaban J connectivity index is 2.35. The fourth-order valence-corrected chi connectivity index (χ4v) is 1.41. The van der Waals surface area contributed by atoms with Crippen LogP contribution in [-0.4, -0.2) is 17.3 Å². The summed E-state index contributed by atoms with van der Waals surface area (Å²) in [5.41, 5.74) is 0. The van der Waals surface area contributed by atoms with Gasteiger partial charge in [-0.2, -0.15) is 0 Å². The van der Waals surface area contributed by atoms with Gasteiger partial charge in [-0.25, -0.2) is 5.90 Å². The number of nitrogens with two attached hydrogens (primary N) is 1. The van der Waals surface area contributed by atoms with Gasteiger partial charge in [-0.05, 0) is 12.8 Å². The van der Waals surface area contributed by atoms with E-state index in [0.29, 0.717) is 0 Å². The molecule has 0 spiro atoms. The molecule has 3 heteroatoms. The van der Waals surface area contributed by atoms with Gasteiger partial charge >= 0.3 is 0 Å². The van der Waals surface area contributed by atoms with Crippen molar-refractivity contribution in [1.29, 1.82) is 0 Å². The first-order valence-electron chi connectivity index (χ1n) is 3.88. The van der Waals surface area contributed by atoms with Gasteiger partial charge in [0.2, 0.25) is 0 Å². The van der Waals surface area contributed by atoms with Crippen molar-refractivity contribution in [3.05, 3.63) is 0 Å². The van der Waals surface area contributed by atoms with Crippen LogP contribution < -0.4 is 5.90 Å². The first kappa shape index (κ1) is 7.98. The van der Waals surface area contributed by atoms with Crippen molar-refractivity contribution in [2.75, 3.05) is 0 Å². The molecule has 0 saturated heterocycles. The van der Waals surface area contributed by atoms with Gasteiger partial charge < -0.3 is 5.11 Å². The highest BCUT2D eigenvalue weighted by atomic mass is 16.6. The Morgan fingerprint density at radius 2 is 1.90 bits per heavy atom. The van der Waals surface area contributed by atoms with Crippen molar-refractivity contribution in [2.45, 2.75) is 44.3 Å². The second-order valence-electron chi connectivity index (χ2n) is 2.88. The number of aliphatic hydroxyl groups excluding tert-OH is 1. The van der Waals surface area contributed by atoms with Gasteiger partial charge in [0, 0.05) is 0 Å². The van der Waals surface area contributed by atoms with Gasteiger partial charge in [-0.15, -0.1) is 0 Å². The third-order valence-corrected chi connectivity index (χ3v) is 2.09. The van der Waals surface area contributed by atoms with Crippen LogP contribution in [0.2, 0.25) is 0 Å². The summed E-state index contributed by atoms with van der Waals surface area (Å²) in [6, 6.07) is 0. The Morgan fingerprint density at radius 1 is 1.20 bits per heavy atom. The highest BCUT2D eigenvalue weighted by Crippen LogP contribution is 2.18. The van der Waals surface area contributed by atoms with Crippen molar-refractivity contribution in [3.8, 4) is 0 Å². The average molecular weight is 145 g/mol. The Morgan fingerprint density at radius 3 is 2.60 bits per heavy atom. The summed E-state index contributed by atoms with van der Waals surface area (Å²) in [4.78, 5) is 4.63. The molecule has 0 aromatic rings. The molecule has 2 unspecified atom stereocenters. The van der Waals surface area contributed by atoms with Crippen molar-refractivity contribution in [2.24, 2.45) is 5.90 Å². The molecule has 3 N–H and O–H groups in total. The van der Waals surface area contributed by atoms with Crippen LogP contribution in [-0.2, 0) is 4.84 Å². The summed E-state index contributed by atoms with van der Waals surface area (Å²) >= 11 is 0. The van der Waals surface area contributed by atoms with E-state index in [4.69, 9.17) is 5.90 Å². The molecule has 1 rings (SSSR count). The lowest BCUT2D eigenvalue weighted by molar-refractivity contribution is -0.0416. The maximum atomic E-state index is 9.34. The van der Waals surface area contributed by atoms with E-state index in [0.717, 1.165) is 25.7 Å². The Labute approximate surface area is 61.1 Å². The van der Waals surface area contributed by atoms with E-state index < -0.39 is 0 Å². The van der Waals surface area contributed by atoms with Gasteiger partial charge in [0.1, 0.15) is 6.10 Å². The molecule has 0 aromatic carbocycles.